The lowest BCUT2D eigenvalue weighted by Crippen LogP contribution is -2.41. The van der Waals surface area contributed by atoms with Gasteiger partial charge in [0.25, 0.3) is 5.91 Å². The molecule has 0 unspecified atom stereocenters. The highest BCUT2D eigenvalue weighted by Gasteiger charge is 2.27. The molecule has 1 aromatic rings. The molecule has 2 heterocycles. The second-order valence-corrected chi connectivity index (χ2v) is 5.18. The van der Waals surface area contributed by atoms with Crippen LogP contribution < -0.4 is 10.1 Å². The van der Waals surface area contributed by atoms with Crippen LogP contribution in [-0.4, -0.2) is 50.3 Å². The van der Waals surface area contributed by atoms with Crippen molar-refractivity contribution < 1.29 is 14.3 Å². The molecule has 5 nitrogen and oxygen atoms in total. The number of para-hydroxylation sites is 1. The topological polar surface area (TPSA) is 50.8 Å². The molecule has 2 aliphatic rings. The summed E-state index contributed by atoms with van der Waals surface area (Å²) < 4.78 is 11.0. The highest BCUT2D eigenvalue weighted by Crippen LogP contribution is 2.32. The SMILES string of the molecule is COC1CCN(C(=O)c2cccc3c2OCCN3)CC1. The summed E-state index contributed by atoms with van der Waals surface area (Å²) in [5.74, 6) is 0.748. The number of ether oxygens (including phenoxy) is 2. The standard InChI is InChI=1S/C15H20N2O3/c1-19-11-5-8-17(9-6-11)15(18)12-3-2-4-13-14(12)20-10-7-16-13/h2-4,11,16H,5-10H2,1H3. The van der Waals surface area contributed by atoms with Crippen LogP contribution in [0.1, 0.15) is 23.2 Å². The van der Waals surface area contributed by atoms with Gasteiger partial charge < -0.3 is 19.7 Å². The number of anilines is 1. The Morgan fingerprint density at radius 3 is 2.95 bits per heavy atom. The van der Waals surface area contributed by atoms with Crippen molar-refractivity contribution in [3.63, 3.8) is 0 Å². The lowest BCUT2D eigenvalue weighted by atomic mass is 10.1. The molecular formula is C15H20N2O3. The van der Waals surface area contributed by atoms with E-state index in [0.29, 0.717) is 17.9 Å². The number of nitrogens with one attached hydrogen (secondary N) is 1. The molecule has 108 valence electrons. The fourth-order valence-electron chi connectivity index (χ4n) is 2.80. The molecule has 0 spiro atoms. The molecule has 1 amide bonds. The Kier molecular flexibility index (Phi) is 3.78. The molecule has 2 aliphatic heterocycles. The maximum Gasteiger partial charge on any atom is 0.257 e. The van der Waals surface area contributed by atoms with E-state index in [1.165, 1.54) is 0 Å². The fourth-order valence-corrected chi connectivity index (χ4v) is 2.80. The van der Waals surface area contributed by atoms with E-state index in [4.69, 9.17) is 9.47 Å². The van der Waals surface area contributed by atoms with Crippen LogP contribution in [0.25, 0.3) is 0 Å². The van der Waals surface area contributed by atoms with Crippen LogP contribution >= 0.6 is 0 Å². The quantitative estimate of drug-likeness (QED) is 0.894. The number of fused-ring (bicyclic) bond motifs is 1. The van der Waals surface area contributed by atoms with Gasteiger partial charge >= 0.3 is 0 Å². The Balaban J connectivity index is 1.78. The van der Waals surface area contributed by atoms with Gasteiger partial charge in [-0.3, -0.25) is 4.79 Å². The van der Waals surface area contributed by atoms with Gasteiger partial charge in [-0.1, -0.05) is 6.07 Å². The number of likely N-dealkylation sites (tertiary alicyclic amines) is 1. The van der Waals surface area contributed by atoms with Crippen LogP contribution in [-0.2, 0) is 4.74 Å². The van der Waals surface area contributed by atoms with Gasteiger partial charge in [0.15, 0.2) is 5.75 Å². The molecule has 1 N–H and O–H groups in total. The molecule has 0 radical (unpaired) electrons. The van der Waals surface area contributed by atoms with Crippen molar-refractivity contribution in [1.82, 2.24) is 4.90 Å². The molecule has 0 aliphatic carbocycles. The zero-order valence-electron chi connectivity index (χ0n) is 11.7. The van der Waals surface area contributed by atoms with Crippen molar-refractivity contribution in [1.29, 1.82) is 0 Å². The van der Waals surface area contributed by atoms with E-state index in [0.717, 1.165) is 38.2 Å². The predicted octanol–water partition coefficient (Wildman–Crippen LogP) is 1.74. The Labute approximate surface area is 118 Å². The van der Waals surface area contributed by atoms with Gasteiger partial charge in [0, 0.05) is 26.7 Å². The highest BCUT2D eigenvalue weighted by atomic mass is 16.5. The summed E-state index contributed by atoms with van der Waals surface area (Å²) in [5, 5.41) is 3.26. The summed E-state index contributed by atoms with van der Waals surface area (Å²) in [6.45, 7) is 2.87. The first-order valence-electron chi connectivity index (χ1n) is 7.11. The maximum atomic E-state index is 12.6. The molecule has 1 fully saturated rings. The zero-order chi connectivity index (χ0) is 13.9. The van der Waals surface area contributed by atoms with Gasteiger partial charge in [0.05, 0.1) is 17.4 Å². The number of carbonyl (C=O) groups excluding carboxylic acids is 1. The van der Waals surface area contributed by atoms with E-state index >= 15 is 0 Å². The number of hydrogen-bond acceptors (Lipinski definition) is 4. The lowest BCUT2D eigenvalue weighted by molar-refractivity contribution is 0.0349. The predicted molar refractivity (Wildman–Crippen MR) is 76.4 cm³/mol. The number of piperidine rings is 1. The summed E-state index contributed by atoms with van der Waals surface area (Å²) in [5.41, 5.74) is 1.57. The smallest absolute Gasteiger partial charge is 0.257 e. The first-order chi connectivity index (χ1) is 9.79. The molecule has 1 aromatic carbocycles. The highest BCUT2D eigenvalue weighted by molar-refractivity contribution is 5.99. The number of rotatable bonds is 2. The minimum atomic E-state index is 0.0557. The summed E-state index contributed by atoms with van der Waals surface area (Å²) in [6.07, 6.45) is 2.08. The minimum Gasteiger partial charge on any atom is -0.489 e. The molecular weight excluding hydrogens is 256 g/mol. The normalized spacial score (nSPS) is 18.9. The number of hydrogen-bond donors (Lipinski definition) is 1. The summed E-state index contributed by atoms with van der Waals surface area (Å²) in [4.78, 5) is 14.5. The van der Waals surface area contributed by atoms with Crippen molar-refractivity contribution in [3.05, 3.63) is 23.8 Å². The Morgan fingerprint density at radius 1 is 1.40 bits per heavy atom. The second kappa shape index (κ2) is 5.71. The Morgan fingerprint density at radius 2 is 2.20 bits per heavy atom. The lowest BCUT2D eigenvalue weighted by Gasteiger charge is -2.32. The third-order valence-electron chi connectivity index (χ3n) is 3.97. The fraction of sp³-hybridized carbons (Fsp3) is 0.533. The van der Waals surface area contributed by atoms with Gasteiger partial charge in [-0.2, -0.15) is 0 Å². The van der Waals surface area contributed by atoms with Crippen LogP contribution in [0.3, 0.4) is 0 Å². The molecule has 1 saturated heterocycles. The molecule has 0 saturated carbocycles. The third-order valence-corrected chi connectivity index (χ3v) is 3.97. The van der Waals surface area contributed by atoms with E-state index in [2.05, 4.69) is 5.32 Å². The first-order valence-corrected chi connectivity index (χ1v) is 7.11. The van der Waals surface area contributed by atoms with Crippen molar-refractivity contribution in [3.8, 4) is 5.75 Å². The van der Waals surface area contributed by atoms with Gasteiger partial charge in [-0.25, -0.2) is 0 Å². The minimum absolute atomic E-state index is 0.0557. The van der Waals surface area contributed by atoms with E-state index in [-0.39, 0.29) is 12.0 Å². The molecule has 0 bridgehead atoms. The largest absolute Gasteiger partial charge is 0.489 e. The van der Waals surface area contributed by atoms with Crippen LogP contribution in [0, 0.1) is 0 Å². The Bertz CT molecular complexity index is 496. The van der Waals surface area contributed by atoms with Crippen molar-refractivity contribution >= 4 is 11.6 Å². The number of carbonyl (C=O) groups is 1. The van der Waals surface area contributed by atoms with Crippen LogP contribution in [0.4, 0.5) is 5.69 Å². The van der Waals surface area contributed by atoms with Gasteiger partial charge in [0.2, 0.25) is 0 Å². The summed E-state index contributed by atoms with van der Waals surface area (Å²) in [6, 6.07) is 5.69. The van der Waals surface area contributed by atoms with Crippen LogP contribution in [0.5, 0.6) is 5.75 Å². The van der Waals surface area contributed by atoms with Crippen LogP contribution in [0.2, 0.25) is 0 Å². The van der Waals surface area contributed by atoms with Gasteiger partial charge in [0.1, 0.15) is 6.61 Å². The first kappa shape index (κ1) is 13.2. The number of nitrogens with zero attached hydrogens (tertiary/aromatic N) is 1. The number of benzene rings is 1. The van der Waals surface area contributed by atoms with E-state index in [1.54, 1.807) is 7.11 Å². The van der Waals surface area contributed by atoms with Crippen molar-refractivity contribution in [2.75, 3.05) is 38.7 Å². The van der Waals surface area contributed by atoms with Gasteiger partial charge in [-0.05, 0) is 25.0 Å². The molecule has 5 heteroatoms. The third kappa shape index (κ3) is 2.45. The van der Waals surface area contributed by atoms with E-state index in [9.17, 15) is 4.79 Å². The summed E-state index contributed by atoms with van der Waals surface area (Å²) in [7, 11) is 1.73. The zero-order valence-corrected chi connectivity index (χ0v) is 11.7. The molecule has 20 heavy (non-hydrogen) atoms. The monoisotopic (exact) mass is 276 g/mol. The average Bonchev–Trinajstić information content (AvgIpc) is 2.54. The maximum absolute atomic E-state index is 12.6. The van der Waals surface area contributed by atoms with E-state index < -0.39 is 0 Å². The Hall–Kier alpha value is -1.75. The van der Waals surface area contributed by atoms with Crippen LogP contribution in [0.15, 0.2) is 18.2 Å². The average molecular weight is 276 g/mol. The van der Waals surface area contributed by atoms with Gasteiger partial charge in [-0.15, -0.1) is 0 Å². The number of amides is 1. The molecule has 3 rings (SSSR count). The van der Waals surface area contributed by atoms with Crippen molar-refractivity contribution in [2.24, 2.45) is 0 Å². The second-order valence-electron chi connectivity index (χ2n) is 5.18. The van der Waals surface area contributed by atoms with Crippen molar-refractivity contribution in [2.45, 2.75) is 18.9 Å². The molecule has 0 atom stereocenters. The van der Waals surface area contributed by atoms with E-state index in [1.807, 2.05) is 23.1 Å². The summed E-state index contributed by atoms with van der Waals surface area (Å²) >= 11 is 0. The molecule has 0 aromatic heterocycles. The number of methoxy groups -OCH3 is 1.